The second-order valence-electron chi connectivity index (χ2n) is 5.41. The SMILES string of the molecule is CCOc1cc([C@H](N)[C@H](O)CCC(C)C)ccc1OC.Cl. The Bertz CT molecular complexity index is 413. The summed E-state index contributed by atoms with van der Waals surface area (Å²) in [6.45, 7) is 6.76. The summed E-state index contributed by atoms with van der Waals surface area (Å²) in [4.78, 5) is 0. The number of ether oxygens (including phenoxy) is 2. The summed E-state index contributed by atoms with van der Waals surface area (Å²) in [5.41, 5.74) is 7.00. The van der Waals surface area contributed by atoms with E-state index in [0.717, 1.165) is 12.0 Å². The fourth-order valence-electron chi connectivity index (χ4n) is 2.07. The van der Waals surface area contributed by atoms with Crippen LogP contribution in [0, 0.1) is 5.92 Å². The Balaban J connectivity index is 0.00000400. The van der Waals surface area contributed by atoms with E-state index in [1.807, 2.05) is 25.1 Å². The predicted molar refractivity (Wildman–Crippen MR) is 88.4 cm³/mol. The molecule has 0 aliphatic carbocycles. The van der Waals surface area contributed by atoms with Gasteiger partial charge in [0.15, 0.2) is 11.5 Å². The van der Waals surface area contributed by atoms with Crippen LogP contribution in [0.2, 0.25) is 0 Å². The highest BCUT2D eigenvalue weighted by Crippen LogP contribution is 2.31. The summed E-state index contributed by atoms with van der Waals surface area (Å²) >= 11 is 0. The van der Waals surface area contributed by atoms with Gasteiger partial charge < -0.3 is 20.3 Å². The van der Waals surface area contributed by atoms with Crippen LogP contribution in [0.3, 0.4) is 0 Å². The van der Waals surface area contributed by atoms with Crippen LogP contribution in [0.4, 0.5) is 0 Å². The number of aliphatic hydroxyl groups excluding tert-OH is 1. The molecule has 0 heterocycles. The summed E-state index contributed by atoms with van der Waals surface area (Å²) in [6, 6.07) is 5.16. The first-order valence-corrected chi connectivity index (χ1v) is 7.24. The average Bonchev–Trinajstić information content (AvgIpc) is 2.44. The van der Waals surface area contributed by atoms with E-state index in [-0.39, 0.29) is 12.4 Å². The van der Waals surface area contributed by atoms with Crippen LogP contribution in [0.25, 0.3) is 0 Å². The molecule has 0 aliphatic rings. The lowest BCUT2D eigenvalue weighted by atomic mass is 9.96. The highest BCUT2D eigenvalue weighted by molar-refractivity contribution is 5.85. The van der Waals surface area contributed by atoms with Crippen molar-refractivity contribution >= 4 is 12.4 Å². The molecular weight excluding hydrogens is 290 g/mol. The van der Waals surface area contributed by atoms with Crippen molar-refractivity contribution in [3.8, 4) is 11.5 Å². The number of aliphatic hydroxyl groups is 1. The van der Waals surface area contributed by atoms with E-state index in [2.05, 4.69) is 13.8 Å². The number of hydrogen-bond donors (Lipinski definition) is 2. The molecule has 122 valence electrons. The van der Waals surface area contributed by atoms with Crippen molar-refractivity contribution in [3.63, 3.8) is 0 Å². The van der Waals surface area contributed by atoms with E-state index in [0.29, 0.717) is 30.4 Å². The fourth-order valence-corrected chi connectivity index (χ4v) is 2.07. The molecule has 0 spiro atoms. The van der Waals surface area contributed by atoms with Crippen LogP contribution in [-0.2, 0) is 0 Å². The van der Waals surface area contributed by atoms with Gasteiger partial charge in [-0.15, -0.1) is 12.4 Å². The molecule has 0 radical (unpaired) electrons. The Labute approximate surface area is 134 Å². The number of rotatable bonds is 8. The number of hydrogen-bond acceptors (Lipinski definition) is 4. The third kappa shape index (κ3) is 6.12. The first-order valence-electron chi connectivity index (χ1n) is 7.24. The van der Waals surface area contributed by atoms with E-state index < -0.39 is 12.1 Å². The van der Waals surface area contributed by atoms with Gasteiger partial charge >= 0.3 is 0 Å². The molecule has 0 fully saturated rings. The molecule has 1 aromatic rings. The minimum atomic E-state index is -0.541. The predicted octanol–water partition coefficient (Wildman–Crippen LogP) is 3.31. The molecule has 0 aromatic heterocycles. The molecule has 1 rings (SSSR count). The van der Waals surface area contributed by atoms with E-state index in [1.54, 1.807) is 7.11 Å². The molecule has 2 atom stereocenters. The molecule has 21 heavy (non-hydrogen) atoms. The van der Waals surface area contributed by atoms with Gasteiger partial charge in [0, 0.05) is 0 Å². The van der Waals surface area contributed by atoms with Crippen LogP contribution >= 0.6 is 12.4 Å². The zero-order chi connectivity index (χ0) is 15.1. The Morgan fingerprint density at radius 3 is 2.38 bits per heavy atom. The van der Waals surface area contributed by atoms with Crippen molar-refractivity contribution in [3.05, 3.63) is 23.8 Å². The van der Waals surface area contributed by atoms with Crippen molar-refractivity contribution in [2.45, 2.75) is 45.8 Å². The molecule has 0 bridgehead atoms. The van der Waals surface area contributed by atoms with Crippen molar-refractivity contribution in [1.29, 1.82) is 0 Å². The topological polar surface area (TPSA) is 64.7 Å². The van der Waals surface area contributed by atoms with E-state index in [9.17, 15) is 5.11 Å². The summed E-state index contributed by atoms with van der Waals surface area (Å²) < 4.78 is 10.8. The van der Waals surface area contributed by atoms with E-state index >= 15 is 0 Å². The molecule has 0 amide bonds. The van der Waals surface area contributed by atoms with Crippen LogP contribution in [-0.4, -0.2) is 24.9 Å². The smallest absolute Gasteiger partial charge is 0.161 e. The Kier molecular flexibility index (Phi) is 9.42. The van der Waals surface area contributed by atoms with Crippen LogP contribution in [0.1, 0.15) is 45.2 Å². The van der Waals surface area contributed by atoms with Gasteiger partial charge in [-0.2, -0.15) is 0 Å². The van der Waals surface area contributed by atoms with Crippen molar-refractivity contribution in [2.24, 2.45) is 11.7 Å². The van der Waals surface area contributed by atoms with Gasteiger partial charge in [0.1, 0.15) is 0 Å². The minimum absolute atomic E-state index is 0. The third-order valence-electron chi connectivity index (χ3n) is 3.33. The zero-order valence-corrected chi connectivity index (χ0v) is 14.2. The number of methoxy groups -OCH3 is 1. The molecule has 0 saturated carbocycles. The van der Waals surface area contributed by atoms with Crippen LogP contribution in [0.5, 0.6) is 11.5 Å². The molecule has 0 unspecified atom stereocenters. The highest BCUT2D eigenvalue weighted by atomic mass is 35.5. The molecule has 5 heteroatoms. The second kappa shape index (κ2) is 9.87. The molecule has 0 saturated heterocycles. The second-order valence-corrected chi connectivity index (χ2v) is 5.41. The largest absolute Gasteiger partial charge is 0.493 e. The number of halogens is 1. The molecule has 4 nitrogen and oxygen atoms in total. The van der Waals surface area contributed by atoms with Gasteiger partial charge in [-0.25, -0.2) is 0 Å². The van der Waals surface area contributed by atoms with Crippen molar-refractivity contribution in [1.82, 2.24) is 0 Å². The zero-order valence-electron chi connectivity index (χ0n) is 13.3. The Hall–Kier alpha value is -0.970. The molecule has 1 aromatic carbocycles. The van der Waals surface area contributed by atoms with Gasteiger partial charge in [-0.3, -0.25) is 0 Å². The molecule has 0 aliphatic heterocycles. The Morgan fingerprint density at radius 1 is 1.19 bits per heavy atom. The Morgan fingerprint density at radius 2 is 1.86 bits per heavy atom. The quantitative estimate of drug-likeness (QED) is 0.772. The first-order chi connectivity index (χ1) is 9.49. The standard InChI is InChI=1S/C16H27NO3.ClH/c1-5-20-15-10-12(7-9-14(15)19-4)16(17)13(18)8-6-11(2)3;/h7,9-11,13,16,18H,5-6,8,17H2,1-4H3;1H/t13-,16+;/m1./s1. The maximum Gasteiger partial charge on any atom is 0.161 e. The van der Waals surface area contributed by atoms with Gasteiger partial charge in [-0.1, -0.05) is 19.9 Å². The summed E-state index contributed by atoms with van der Waals surface area (Å²) in [5.74, 6) is 1.91. The monoisotopic (exact) mass is 317 g/mol. The minimum Gasteiger partial charge on any atom is -0.493 e. The maximum absolute atomic E-state index is 10.2. The van der Waals surface area contributed by atoms with Crippen LogP contribution < -0.4 is 15.2 Å². The lowest BCUT2D eigenvalue weighted by Gasteiger charge is -2.21. The van der Waals surface area contributed by atoms with Crippen molar-refractivity contribution < 1.29 is 14.6 Å². The van der Waals surface area contributed by atoms with Crippen molar-refractivity contribution in [2.75, 3.05) is 13.7 Å². The number of nitrogens with two attached hydrogens (primary N) is 1. The van der Waals surface area contributed by atoms with E-state index in [1.165, 1.54) is 0 Å². The van der Waals surface area contributed by atoms with Crippen LogP contribution in [0.15, 0.2) is 18.2 Å². The highest BCUT2D eigenvalue weighted by Gasteiger charge is 2.18. The maximum atomic E-state index is 10.2. The summed E-state index contributed by atoms with van der Waals surface area (Å²) in [7, 11) is 1.61. The fraction of sp³-hybridized carbons (Fsp3) is 0.625. The normalized spacial score (nSPS) is 13.5. The van der Waals surface area contributed by atoms with Gasteiger partial charge in [0.2, 0.25) is 0 Å². The lowest BCUT2D eigenvalue weighted by molar-refractivity contribution is 0.128. The average molecular weight is 318 g/mol. The first kappa shape index (κ1) is 20.0. The molecular formula is C16H28ClNO3. The third-order valence-corrected chi connectivity index (χ3v) is 3.33. The van der Waals surface area contributed by atoms with Gasteiger partial charge in [0.25, 0.3) is 0 Å². The van der Waals surface area contributed by atoms with Gasteiger partial charge in [0.05, 0.1) is 25.9 Å². The summed E-state index contributed by atoms with van der Waals surface area (Å²) in [5, 5.41) is 10.2. The summed E-state index contributed by atoms with van der Waals surface area (Å²) in [6.07, 6.45) is 1.12. The van der Waals surface area contributed by atoms with E-state index in [4.69, 9.17) is 15.2 Å². The molecule has 3 N–H and O–H groups in total. The lowest BCUT2D eigenvalue weighted by Crippen LogP contribution is -2.26. The number of benzene rings is 1. The van der Waals surface area contributed by atoms with Gasteiger partial charge in [-0.05, 0) is 43.4 Å².